The van der Waals surface area contributed by atoms with E-state index in [1.807, 2.05) is 0 Å². The van der Waals surface area contributed by atoms with Crippen molar-refractivity contribution >= 4 is 10.0 Å². The smallest absolute Gasteiger partial charge is 0.290 e. The Bertz CT molecular complexity index is 1280. The van der Waals surface area contributed by atoms with Crippen LogP contribution in [0, 0.1) is 5.82 Å². The van der Waals surface area contributed by atoms with E-state index < -0.39 is 15.8 Å². The molecular weight excluding hydrogens is 411 g/mol. The van der Waals surface area contributed by atoms with Crippen LogP contribution in [0.3, 0.4) is 0 Å². The van der Waals surface area contributed by atoms with Gasteiger partial charge in [-0.15, -0.1) is 0 Å². The molecule has 0 aliphatic rings. The van der Waals surface area contributed by atoms with Crippen LogP contribution in [-0.2, 0) is 10.0 Å². The van der Waals surface area contributed by atoms with Gasteiger partial charge >= 0.3 is 0 Å². The van der Waals surface area contributed by atoms with Gasteiger partial charge in [0.05, 0.1) is 32.3 Å². The third kappa shape index (κ3) is 3.41. The van der Waals surface area contributed by atoms with Gasteiger partial charge in [0, 0.05) is 18.0 Å². The summed E-state index contributed by atoms with van der Waals surface area (Å²) in [5.41, 5.74) is 1.37. The molecular formula is C20H17FN4O4S. The van der Waals surface area contributed by atoms with Crippen LogP contribution in [0.25, 0.3) is 16.8 Å². The second kappa shape index (κ2) is 7.64. The molecule has 0 bridgehead atoms. The molecule has 0 saturated carbocycles. The van der Waals surface area contributed by atoms with E-state index in [-0.39, 0.29) is 16.4 Å². The minimum Gasteiger partial charge on any atom is -0.495 e. The van der Waals surface area contributed by atoms with E-state index >= 15 is 0 Å². The Balaban J connectivity index is 1.79. The summed E-state index contributed by atoms with van der Waals surface area (Å²) in [7, 11) is -1.40. The molecule has 2 heterocycles. The molecule has 0 unspecified atom stereocenters. The van der Waals surface area contributed by atoms with Crippen LogP contribution in [0.15, 0.2) is 72.1 Å². The molecule has 30 heavy (non-hydrogen) atoms. The summed E-state index contributed by atoms with van der Waals surface area (Å²) in [4.78, 5) is -0.152. The van der Waals surface area contributed by atoms with Gasteiger partial charge in [-0.1, -0.05) is 6.07 Å². The lowest BCUT2D eigenvalue weighted by Crippen LogP contribution is -2.15. The fourth-order valence-corrected chi connectivity index (χ4v) is 4.47. The SMILES string of the molecule is COc1cccc(OC)c1S(=O)(=O)n1cc(-c2cc(F)cc(-n3cccn3)c2)cn1. The number of benzene rings is 2. The summed E-state index contributed by atoms with van der Waals surface area (Å²) in [5, 5.41) is 8.08. The van der Waals surface area contributed by atoms with Crippen LogP contribution in [0.5, 0.6) is 11.5 Å². The summed E-state index contributed by atoms with van der Waals surface area (Å²) in [6.07, 6.45) is 5.92. The quantitative estimate of drug-likeness (QED) is 0.469. The van der Waals surface area contributed by atoms with Crippen molar-refractivity contribution in [3.63, 3.8) is 0 Å². The average molecular weight is 428 g/mol. The van der Waals surface area contributed by atoms with Crippen LogP contribution in [0.4, 0.5) is 4.39 Å². The molecule has 0 amide bonds. The number of hydrogen-bond donors (Lipinski definition) is 0. The third-order valence-corrected chi connectivity index (χ3v) is 6.04. The number of ether oxygens (including phenoxy) is 2. The predicted molar refractivity (Wildman–Crippen MR) is 107 cm³/mol. The lowest BCUT2D eigenvalue weighted by Gasteiger charge is -2.13. The normalized spacial score (nSPS) is 11.4. The molecule has 4 rings (SSSR count). The average Bonchev–Trinajstić information content (AvgIpc) is 3.45. The van der Waals surface area contributed by atoms with Crippen LogP contribution in [0.1, 0.15) is 0 Å². The summed E-state index contributed by atoms with van der Waals surface area (Å²) in [6, 6.07) is 10.7. The molecule has 0 aliphatic carbocycles. The van der Waals surface area contributed by atoms with Crippen molar-refractivity contribution in [2.75, 3.05) is 14.2 Å². The minimum atomic E-state index is -4.13. The zero-order valence-electron chi connectivity index (χ0n) is 16.1. The highest BCUT2D eigenvalue weighted by Gasteiger charge is 2.27. The fourth-order valence-electron chi connectivity index (χ4n) is 3.04. The molecule has 2 aromatic heterocycles. The number of nitrogens with zero attached hydrogens (tertiary/aromatic N) is 4. The van der Waals surface area contributed by atoms with Crippen LogP contribution in [-0.4, -0.2) is 41.6 Å². The maximum Gasteiger partial charge on any atom is 0.290 e. The molecule has 8 nitrogen and oxygen atoms in total. The van der Waals surface area contributed by atoms with Crippen LogP contribution >= 0.6 is 0 Å². The number of aromatic nitrogens is 4. The molecule has 0 atom stereocenters. The van der Waals surface area contributed by atoms with Crippen molar-refractivity contribution in [2.24, 2.45) is 0 Å². The molecule has 4 aromatic rings. The monoisotopic (exact) mass is 428 g/mol. The molecule has 0 N–H and O–H groups in total. The Kier molecular flexibility index (Phi) is 5.00. The van der Waals surface area contributed by atoms with Crippen molar-refractivity contribution in [1.82, 2.24) is 19.0 Å². The Labute approximate surface area is 172 Å². The van der Waals surface area contributed by atoms with E-state index in [0.29, 0.717) is 16.8 Å². The highest BCUT2D eigenvalue weighted by atomic mass is 32.2. The van der Waals surface area contributed by atoms with Gasteiger partial charge in [0.25, 0.3) is 10.0 Å². The molecule has 0 saturated heterocycles. The number of hydrogen-bond acceptors (Lipinski definition) is 6. The van der Waals surface area contributed by atoms with Crippen LogP contribution < -0.4 is 9.47 Å². The first-order chi connectivity index (χ1) is 14.4. The Morgan fingerprint density at radius 3 is 2.33 bits per heavy atom. The standard InChI is InChI=1S/C20H17FN4O4S/c1-28-18-5-3-6-19(29-2)20(18)30(26,27)25-13-15(12-23-25)14-9-16(21)11-17(10-14)24-8-4-7-22-24/h3-13H,1-2H3. The summed E-state index contributed by atoms with van der Waals surface area (Å²) in [6.45, 7) is 0. The number of rotatable bonds is 6. The lowest BCUT2D eigenvalue weighted by molar-refractivity contribution is 0.372. The van der Waals surface area contributed by atoms with Crippen molar-refractivity contribution in [3.8, 4) is 28.3 Å². The second-order valence-electron chi connectivity index (χ2n) is 6.25. The molecule has 0 spiro atoms. The Hall–Kier alpha value is -3.66. The van der Waals surface area contributed by atoms with Gasteiger partial charge in [-0.25, -0.2) is 9.07 Å². The third-order valence-electron chi connectivity index (χ3n) is 4.43. The zero-order chi connectivity index (χ0) is 21.3. The predicted octanol–water partition coefficient (Wildman–Crippen LogP) is 3.13. The van der Waals surface area contributed by atoms with E-state index in [1.54, 1.807) is 30.6 Å². The topological polar surface area (TPSA) is 88.2 Å². The molecule has 0 radical (unpaired) electrons. The highest BCUT2D eigenvalue weighted by molar-refractivity contribution is 7.90. The Morgan fingerprint density at radius 1 is 0.967 bits per heavy atom. The molecule has 10 heteroatoms. The number of methoxy groups -OCH3 is 2. The van der Waals surface area contributed by atoms with Crippen molar-refractivity contribution in [3.05, 3.63) is 73.1 Å². The van der Waals surface area contributed by atoms with Gasteiger partial charge in [-0.05, 0) is 42.0 Å². The van der Waals surface area contributed by atoms with Gasteiger partial charge in [-0.3, -0.25) is 0 Å². The highest BCUT2D eigenvalue weighted by Crippen LogP contribution is 2.34. The van der Waals surface area contributed by atoms with E-state index in [4.69, 9.17) is 9.47 Å². The Morgan fingerprint density at radius 2 is 1.70 bits per heavy atom. The van der Waals surface area contributed by atoms with Gasteiger partial charge < -0.3 is 9.47 Å². The van der Waals surface area contributed by atoms with Crippen molar-refractivity contribution < 1.29 is 22.3 Å². The van der Waals surface area contributed by atoms with Crippen LogP contribution in [0.2, 0.25) is 0 Å². The minimum absolute atomic E-state index is 0.123. The maximum atomic E-state index is 14.2. The van der Waals surface area contributed by atoms with E-state index in [0.717, 1.165) is 4.09 Å². The van der Waals surface area contributed by atoms with Crippen molar-refractivity contribution in [2.45, 2.75) is 4.90 Å². The molecule has 0 aliphatic heterocycles. The summed E-state index contributed by atoms with van der Waals surface area (Å²) >= 11 is 0. The molecule has 154 valence electrons. The first kappa shape index (κ1) is 19.6. The van der Waals surface area contributed by atoms with E-state index in [1.165, 1.54) is 55.6 Å². The lowest BCUT2D eigenvalue weighted by atomic mass is 10.1. The second-order valence-corrected chi connectivity index (χ2v) is 7.98. The first-order valence-corrected chi connectivity index (χ1v) is 10.2. The van der Waals surface area contributed by atoms with Crippen molar-refractivity contribution in [1.29, 1.82) is 0 Å². The summed E-state index contributed by atoms with van der Waals surface area (Å²) < 4.78 is 53.3. The van der Waals surface area contributed by atoms with Gasteiger partial charge in [0.15, 0.2) is 4.90 Å². The van der Waals surface area contributed by atoms with E-state index in [9.17, 15) is 12.8 Å². The number of halogens is 1. The van der Waals surface area contributed by atoms with E-state index in [2.05, 4.69) is 10.2 Å². The van der Waals surface area contributed by atoms with Gasteiger partial charge in [0.2, 0.25) is 0 Å². The molecule has 2 aromatic carbocycles. The van der Waals surface area contributed by atoms with Gasteiger partial charge in [-0.2, -0.15) is 22.7 Å². The fraction of sp³-hybridized carbons (Fsp3) is 0.100. The van der Waals surface area contributed by atoms with Gasteiger partial charge in [0.1, 0.15) is 17.3 Å². The first-order valence-electron chi connectivity index (χ1n) is 8.76. The maximum absolute atomic E-state index is 14.2. The largest absolute Gasteiger partial charge is 0.495 e. The molecule has 0 fully saturated rings. The summed E-state index contributed by atoms with van der Waals surface area (Å²) in [5.74, 6) is -0.240. The zero-order valence-corrected chi connectivity index (χ0v) is 16.9.